The van der Waals surface area contributed by atoms with Gasteiger partial charge in [0.15, 0.2) is 0 Å². The Balaban J connectivity index is 1.98. The van der Waals surface area contributed by atoms with E-state index in [9.17, 15) is 9.18 Å². The third-order valence-corrected chi connectivity index (χ3v) is 3.31. The maximum Gasteiger partial charge on any atom is 0.303 e. The highest BCUT2D eigenvalue weighted by Gasteiger charge is 2.16. The van der Waals surface area contributed by atoms with E-state index in [1.807, 2.05) is 12.1 Å². The van der Waals surface area contributed by atoms with Crippen molar-refractivity contribution in [1.82, 2.24) is 0 Å². The van der Waals surface area contributed by atoms with Gasteiger partial charge in [-0.3, -0.25) is 4.79 Å². The molecule has 0 radical (unpaired) electrons. The van der Waals surface area contributed by atoms with Crippen LogP contribution in [0.2, 0.25) is 0 Å². The second-order valence-electron chi connectivity index (χ2n) is 4.73. The number of halogens is 1. The Bertz CT molecular complexity index is 428. The summed E-state index contributed by atoms with van der Waals surface area (Å²) in [6.45, 7) is 1.85. The minimum absolute atomic E-state index is 0.134. The summed E-state index contributed by atoms with van der Waals surface area (Å²) >= 11 is 0. The Morgan fingerprint density at radius 2 is 2.06 bits per heavy atom. The smallest absolute Gasteiger partial charge is 0.303 e. The van der Waals surface area contributed by atoms with E-state index in [2.05, 4.69) is 4.90 Å². The van der Waals surface area contributed by atoms with Crippen LogP contribution in [0.15, 0.2) is 18.2 Å². The van der Waals surface area contributed by atoms with Gasteiger partial charge in [-0.05, 0) is 43.4 Å². The summed E-state index contributed by atoms with van der Waals surface area (Å²) in [5, 5.41) is 8.55. The highest BCUT2D eigenvalue weighted by molar-refractivity contribution is 5.66. The van der Waals surface area contributed by atoms with E-state index in [1.165, 1.54) is 6.07 Å². The Kier molecular flexibility index (Phi) is 4.18. The zero-order chi connectivity index (χ0) is 13.0. The highest BCUT2D eigenvalue weighted by atomic mass is 19.1. The number of carbonyl (C=O) groups is 1. The molecule has 0 atom stereocenters. The van der Waals surface area contributed by atoms with Crippen molar-refractivity contribution in [1.29, 1.82) is 0 Å². The largest absolute Gasteiger partial charge is 0.481 e. The lowest BCUT2D eigenvalue weighted by Gasteiger charge is -2.18. The molecular formula is C14H18FNO2. The topological polar surface area (TPSA) is 40.5 Å². The Morgan fingerprint density at radius 3 is 2.67 bits per heavy atom. The molecule has 1 aromatic carbocycles. The fraction of sp³-hybridized carbons (Fsp3) is 0.500. The number of carboxylic acid groups (broad SMARTS) is 1. The van der Waals surface area contributed by atoms with E-state index in [4.69, 9.17) is 5.11 Å². The van der Waals surface area contributed by atoms with Crippen molar-refractivity contribution in [3.63, 3.8) is 0 Å². The van der Waals surface area contributed by atoms with Crippen molar-refractivity contribution >= 4 is 11.7 Å². The van der Waals surface area contributed by atoms with Crippen LogP contribution < -0.4 is 4.90 Å². The number of benzene rings is 1. The molecule has 1 saturated heterocycles. The maximum atomic E-state index is 13.9. The molecule has 18 heavy (non-hydrogen) atoms. The van der Waals surface area contributed by atoms with Crippen molar-refractivity contribution in [2.45, 2.75) is 32.1 Å². The molecule has 1 aliphatic rings. The first-order valence-corrected chi connectivity index (χ1v) is 6.42. The van der Waals surface area contributed by atoms with E-state index < -0.39 is 5.97 Å². The van der Waals surface area contributed by atoms with Gasteiger partial charge in [0.2, 0.25) is 0 Å². The van der Waals surface area contributed by atoms with Crippen LogP contribution >= 0.6 is 0 Å². The summed E-state index contributed by atoms with van der Waals surface area (Å²) in [6.07, 6.45) is 3.55. The molecule has 1 aliphatic heterocycles. The number of aliphatic carboxylic acids is 1. The summed E-state index contributed by atoms with van der Waals surface area (Å²) in [6, 6.07) is 5.25. The fourth-order valence-corrected chi connectivity index (χ4v) is 2.36. The molecule has 0 bridgehead atoms. The average molecular weight is 251 g/mol. The third kappa shape index (κ3) is 3.22. The van der Waals surface area contributed by atoms with Crippen LogP contribution in [0, 0.1) is 5.82 Å². The first-order valence-electron chi connectivity index (χ1n) is 6.42. The van der Waals surface area contributed by atoms with Gasteiger partial charge in [-0.25, -0.2) is 4.39 Å². The molecule has 0 saturated carbocycles. The molecule has 1 heterocycles. The minimum atomic E-state index is -0.802. The molecular weight excluding hydrogens is 233 g/mol. The van der Waals surface area contributed by atoms with E-state index >= 15 is 0 Å². The summed E-state index contributed by atoms with van der Waals surface area (Å²) < 4.78 is 13.9. The third-order valence-electron chi connectivity index (χ3n) is 3.31. The lowest BCUT2D eigenvalue weighted by Crippen LogP contribution is -2.18. The van der Waals surface area contributed by atoms with E-state index in [0.717, 1.165) is 31.5 Å². The van der Waals surface area contributed by atoms with Gasteiger partial charge in [0.25, 0.3) is 0 Å². The molecule has 0 amide bonds. The predicted octanol–water partition coefficient (Wildman–Crippen LogP) is 2.83. The van der Waals surface area contributed by atoms with Gasteiger partial charge >= 0.3 is 5.97 Å². The monoisotopic (exact) mass is 251 g/mol. The molecule has 98 valence electrons. The first-order chi connectivity index (χ1) is 8.66. The zero-order valence-electron chi connectivity index (χ0n) is 10.4. The van der Waals surface area contributed by atoms with Gasteiger partial charge in [-0.15, -0.1) is 0 Å². The molecule has 2 rings (SSSR count). The minimum Gasteiger partial charge on any atom is -0.481 e. The average Bonchev–Trinajstić information content (AvgIpc) is 2.82. The molecule has 1 aromatic rings. The van der Waals surface area contributed by atoms with Crippen LogP contribution in [0.1, 0.15) is 31.2 Å². The molecule has 0 aromatic heterocycles. The summed E-state index contributed by atoms with van der Waals surface area (Å²) in [5.74, 6) is -0.992. The van der Waals surface area contributed by atoms with Crippen molar-refractivity contribution in [3.05, 3.63) is 29.6 Å². The molecule has 3 nitrogen and oxygen atoms in total. The normalized spacial score (nSPS) is 15.1. The lowest BCUT2D eigenvalue weighted by molar-refractivity contribution is -0.137. The van der Waals surface area contributed by atoms with Crippen LogP contribution in [0.25, 0.3) is 0 Å². The van der Waals surface area contributed by atoms with Crippen LogP contribution in [0.5, 0.6) is 0 Å². The molecule has 1 fully saturated rings. The number of anilines is 1. The highest BCUT2D eigenvalue weighted by Crippen LogP contribution is 2.24. The quantitative estimate of drug-likeness (QED) is 0.874. The number of rotatable bonds is 5. The summed E-state index contributed by atoms with van der Waals surface area (Å²) in [5.41, 5.74) is 1.55. The Hall–Kier alpha value is -1.58. The summed E-state index contributed by atoms with van der Waals surface area (Å²) in [7, 11) is 0. The number of nitrogens with zero attached hydrogens (tertiary/aromatic N) is 1. The molecule has 0 aliphatic carbocycles. The van der Waals surface area contributed by atoms with E-state index in [1.54, 1.807) is 0 Å². The van der Waals surface area contributed by atoms with Crippen LogP contribution in [0.3, 0.4) is 0 Å². The second-order valence-corrected chi connectivity index (χ2v) is 4.73. The molecule has 0 unspecified atom stereocenters. The second kappa shape index (κ2) is 5.85. The summed E-state index contributed by atoms with van der Waals surface area (Å²) in [4.78, 5) is 12.5. The Labute approximate surface area is 106 Å². The van der Waals surface area contributed by atoms with E-state index in [-0.39, 0.29) is 12.2 Å². The fourth-order valence-electron chi connectivity index (χ4n) is 2.36. The van der Waals surface area contributed by atoms with Crippen molar-refractivity contribution in [2.24, 2.45) is 0 Å². The predicted molar refractivity (Wildman–Crippen MR) is 68.4 cm³/mol. The molecule has 1 N–H and O–H groups in total. The number of aryl methyl sites for hydroxylation is 1. The van der Waals surface area contributed by atoms with Crippen molar-refractivity contribution in [3.8, 4) is 0 Å². The van der Waals surface area contributed by atoms with Crippen LogP contribution in [0.4, 0.5) is 10.1 Å². The van der Waals surface area contributed by atoms with Crippen molar-refractivity contribution in [2.75, 3.05) is 18.0 Å². The number of carboxylic acids is 1. The number of hydrogen-bond acceptors (Lipinski definition) is 2. The van der Waals surface area contributed by atoms with Crippen LogP contribution in [-0.2, 0) is 11.2 Å². The number of hydrogen-bond donors (Lipinski definition) is 1. The van der Waals surface area contributed by atoms with Gasteiger partial charge < -0.3 is 10.0 Å². The van der Waals surface area contributed by atoms with Gasteiger partial charge in [0.05, 0.1) is 5.69 Å². The molecule has 4 heteroatoms. The molecule has 0 spiro atoms. The lowest BCUT2D eigenvalue weighted by atomic mass is 10.1. The van der Waals surface area contributed by atoms with Gasteiger partial charge in [-0.1, -0.05) is 6.07 Å². The standard InChI is InChI=1S/C14H18FNO2/c15-12-10-11(4-3-5-14(17)18)6-7-13(12)16-8-1-2-9-16/h6-7,10H,1-5,8-9H2,(H,17,18). The Morgan fingerprint density at radius 1 is 1.33 bits per heavy atom. The maximum absolute atomic E-state index is 13.9. The zero-order valence-corrected chi connectivity index (χ0v) is 10.4. The SMILES string of the molecule is O=C(O)CCCc1ccc(N2CCCC2)c(F)c1. The van der Waals surface area contributed by atoms with Crippen LogP contribution in [-0.4, -0.2) is 24.2 Å². The van der Waals surface area contributed by atoms with Gasteiger partial charge in [0.1, 0.15) is 5.82 Å². The van der Waals surface area contributed by atoms with Gasteiger partial charge in [-0.2, -0.15) is 0 Å². The van der Waals surface area contributed by atoms with E-state index in [0.29, 0.717) is 18.5 Å². The van der Waals surface area contributed by atoms with Crippen molar-refractivity contribution < 1.29 is 14.3 Å². The first kappa shape index (κ1) is 12.9. The van der Waals surface area contributed by atoms with Gasteiger partial charge in [0, 0.05) is 19.5 Å².